The van der Waals surface area contributed by atoms with Gasteiger partial charge < -0.3 is 29.7 Å². The largest absolute Gasteiger partial charge is 0.497 e. The maximum atomic E-state index is 16.3. The summed E-state index contributed by atoms with van der Waals surface area (Å²) >= 11 is 0. The molecule has 7 rings (SSSR count). The zero-order valence-corrected chi connectivity index (χ0v) is 34.9. The first-order valence-electron chi connectivity index (χ1n) is 20.3. The molecular weight excluding hydrogens is 798 g/mol. The van der Waals surface area contributed by atoms with E-state index in [2.05, 4.69) is 20.6 Å². The lowest BCUT2D eigenvalue weighted by molar-refractivity contribution is -0.144. The molecule has 1 aromatic carbocycles. The number of carbonyl (C=O) groups excluding carboxylic acids is 4. The molecule has 2 bridgehead atoms. The number of benzene rings is 1. The summed E-state index contributed by atoms with van der Waals surface area (Å²) in [6, 6.07) is 2.16. The van der Waals surface area contributed by atoms with Gasteiger partial charge >= 0.3 is 6.09 Å². The number of hydrogen-bond donors (Lipinski definition) is 3. The molecule has 4 fully saturated rings. The van der Waals surface area contributed by atoms with Crippen molar-refractivity contribution in [2.24, 2.45) is 23.2 Å². The summed E-state index contributed by atoms with van der Waals surface area (Å²) in [5.74, 6) is -5.29. The minimum Gasteiger partial charge on any atom is -0.497 e. The van der Waals surface area contributed by atoms with E-state index in [9.17, 15) is 36.4 Å². The van der Waals surface area contributed by atoms with E-state index in [-0.39, 0.29) is 55.8 Å². The van der Waals surface area contributed by atoms with Crippen LogP contribution in [-0.4, -0.2) is 102 Å². The number of halogens is 3. The molecule has 2 aromatic rings. The molecule has 15 nitrogen and oxygen atoms in total. The average molecular weight is 851 g/mol. The summed E-state index contributed by atoms with van der Waals surface area (Å²) < 4.78 is 89.4. The van der Waals surface area contributed by atoms with Crippen molar-refractivity contribution in [3.63, 3.8) is 0 Å². The van der Waals surface area contributed by atoms with E-state index < -0.39 is 98.6 Å². The number of carbonyl (C=O) groups is 4. The lowest BCUT2D eigenvalue weighted by Crippen LogP contribution is -2.61. The Morgan fingerprint density at radius 3 is 2.42 bits per heavy atom. The molecule has 324 valence electrons. The number of rotatable bonds is 8. The average Bonchev–Trinajstić information content (AvgIpc) is 4.12. The van der Waals surface area contributed by atoms with Gasteiger partial charge in [0.2, 0.25) is 34.1 Å². The number of methoxy groups -OCH3 is 1. The first-order chi connectivity index (χ1) is 27.7. The lowest BCUT2D eigenvalue weighted by atomic mass is 9.85. The highest BCUT2D eigenvalue weighted by molar-refractivity contribution is 7.91. The van der Waals surface area contributed by atoms with E-state index in [1.165, 1.54) is 18.9 Å². The van der Waals surface area contributed by atoms with Crippen LogP contribution in [0, 0.1) is 23.2 Å². The SMILES string of the molecule is CC[C@@H]1[C@@H]2CN(C(=O)[C@H](C(C)(C)C)NC(=O)O[C@@H]3CC3CCCCC(F)c3nc4ccc(OC)cc4nc3O2)[C@@H]1C(=O)N[C@]1(C(=O)NS(=O)(=O)C2(C)CC2)C[C@H]1C(F)F. The number of alkyl carbamates (subject to hydrolysis) is 1. The smallest absolute Gasteiger partial charge is 0.408 e. The fourth-order valence-corrected chi connectivity index (χ4v) is 9.72. The molecule has 0 radical (unpaired) electrons. The Morgan fingerprint density at radius 1 is 1.08 bits per heavy atom. The highest BCUT2D eigenvalue weighted by atomic mass is 32.2. The van der Waals surface area contributed by atoms with Crippen LogP contribution in [0.4, 0.5) is 18.0 Å². The standard InChI is InChI=1S/C40H53F3N6O9S/c1-7-22-28-19-49(30(22)33(50)47-40(18-23(40)32(42)43)36(52)48-59(54,55)39(5)14-15-39)35(51)31(38(2,3)4)46-37(53)58-27-16-20(27)10-8-9-11-24(41)29-34(57-28)45-26-17-21(56-6)12-13-25(26)44-29/h12-13,17,20,22-24,27-28,30-32H,7-11,14-16,18-19H2,1-6H3,(H,46,53)(H,47,50)(H,48,52)/t20?,22-,23+,24?,27-,28+,30+,31-,40-/m1/s1. The van der Waals surface area contributed by atoms with Gasteiger partial charge in [0.05, 0.1) is 35.4 Å². The summed E-state index contributed by atoms with van der Waals surface area (Å²) in [7, 11) is -2.80. The third kappa shape index (κ3) is 8.36. The summed E-state index contributed by atoms with van der Waals surface area (Å²) in [4.78, 5) is 67.0. The number of alkyl halides is 3. The zero-order valence-electron chi connectivity index (χ0n) is 34.1. The summed E-state index contributed by atoms with van der Waals surface area (Å²) in [5.41, 5.74) is -2.62. The van der Waals surface area contributed by atoms with Crippen LogP contribution in [-0.2, 0) is 29.1 Å². The van der Waals surface area contributed by atoms with Crippen LogP contribution in [0.15, 0.2) is 18.2 Å². The van der Waals surface area contributed by atoms with E-state index in [1.54, 1.807) is 45.9 Å². The number of ether oxygens (including phenoxy) is 3. The van der Waals surface area contributed by atoms with Crippen LogP contribution in [0.1, 0.15) is 104 Å². The van der Waals surface area contributed by atoms with Crippen molar-refractivity contribution >= 4 is 44.9 Å². The third-order valence-corrected chi connectivity index (χ3v) is 14.9. The van der Waals surface area contributed by atoms with Gasteiger partial charge in [-0.3, -0.25) is 19.1 Å². The Kier molecular flexibility index (Phi) is 11.3. The van der Waals surface area contributed by atoms with Crippen molar-refractivity contribution < 1.29 is 55.0 Å². The van der Waals surface area contributed by atoms with Gasteiger partial charge in [0.1, 0.15) is 47.4 Å². The van der Waals surface area contributed by atoms with Crippen molar-refractivity contribution in [1.29, 1.82) is 0 Å². The lowest BCUT2D eigenvalue weighted by Gasteiger charge is -2.36. The zero-order chi connectivity index (χ0) is 42.8. The molecule has 1 saturated heterocycles. The number of hydrogen-bond acceptors (Lipinski definition) is 11. The van der Waals surface area contributed by atoms with Crippen LogP contribution in [0.5, 0.6) is 11.6 Å². The van der Waals surface area contributed by atoms with Crippen molar-refractivity contribution in [3.05, 3.63) is 23.9 Å². The summed E-state index contributed by atoms with van der Waals surface area (Å²) in [6.45, 7) is 7.97. The van der Waals surface area contributed by atoms with Crippen LogP contribution < -0.4 is 24.8 Å². The molecule has 4 amide bonds. The van der Waals surface area contributed by atoms with E-state index in [4.69, 9.17) is 14.2 Å². The minimum atomic E-state index is -4.28. The van der Waals surface area contributed by atoms with Gasteiger partial charge in [-0.1, -0.05) is 40.5 Å². The number of nitrogens with one attached hydrogen (secondary N) is 3. The molecule has 3 saturated carbocycles. The second-order valence-corrected chi connectivity index (χ2v) is 20.3. The van der Waals surface area contributed by atoms with Gasteiger partial charge in [-0.15, -0.1) is 0 Å². The summed E-state index contributed by atoms with van der Waals surface area (Å²) in [5, 5.41) is 5.16. The fourth-order valence-electron chi connectivity index (χ4n) is 8.41. The quantitative estimate of drug-likeness (QED) is 0.328. The van der Waals surface area contributed by atoms with Crippen molar-refractivity contribution in [1.82, 2.24) is 30.2 Å². The Hall–Kier alpha value is -4.42. The molecule has 0 spiro atoms. The van der Waals surface area contributed by atoms with Gasteiger partial charge in [0, 0.05) is 12.0 Å². The molecular formula is C40H53F3N6O9S. The minimum absolute atomic E-state index is 0.0691. The van der Waals surface area contributed by atoms with Crippen LogP contribution in [0.25, 0.3) is 11.0 Å². The molecule has 19 heteroatoms. The van der Waals surface area contributed by atoms with Crippen LogP contribution in [0.3, 0.4) is 0 Å². The number of sulfonamides is 1. The first kappa shape index (κ1) is 42.7. The molecule has 59 heavy (non-hydrogen) atoms. The maximum Gasteiger partial charge on any atom is 0.408 e. The van der Waals surface area contributed by atoms with Gasteiger partial charge in [0.15, 0.2) is 0 Å². The Bertz CT molecular complexity index is 2120. The Morgan fingerprint density at radius 2 is 1.80 bits per heavy atom. The van der Waals surface area contributed by atoms with E-state index in [0.717, 1.165) is 0 Å². The molecule has 3 heterocycles. The second kappa shape index (κ2) is 15.6. The van der Waals surface area contributed by atoms with E-state index >= 15 is 4.39 Å². The monoisotopic (exact) mass is 850 g/mol. The fraction of sp³-hybridized carbons (Fsp3) is 0.700. The highest BCUT2D eigenvalue weighted by Gasteiger charge is 2.68. The van der Waals surface area contributed by atoms with Crippen molar-refractivity contribution in [2.45, 2.75) is 140 Å². The molecule has 9 atom stereocenters. The second-order valence-electron chi connectivity index (χ2n) is 18.1. The van der Waals surface area contributed by atoms with Gasteiger partial charge in [-0.25, -0.2) is 36.4 Å². The molecule has 3 N–H and O–H groups in total. The van der Waals surface area contributed by atoms with E-state index in [1.807, 2.05) is 4.72 Å². The normalized spacial score (nSPS) is 32.0. The van der Waals surface area contributed by atoms with Crippen molar-refractivity contribution in [2.75, 3.05) is 13.7 Å². The molecule has 3 aliphatic carbocycles. The predicted octanol–water partition coefficient (Wildman–Crippen LogP) is 4.88. The molecule has 1 aromatic heterocycles. The van der Waals surface area contributed by atoms with Crippen molar-refractivity contribution in [3.8, 4) is 11.6 Å². The van der Waals surface area contributed by atoms with Crippen LogP contribution >= 0.6 is 0 Å². The van der Waals surface area contributed by atoms with Gasteiger partial charge in [-0.05, 0) is 75.3 Å². The predicted molar refractivity (Wildman–Crippen MR) is 207 cm³/mol. The number of aromatic nitrogens is 2. The summed E-state index contributed by atoms with van der Waals surface area (Å²) in [6.07, 6.45) is -4.31. The molecule has 5 aliphatic rings. The number of fused-ring (bicyclic) bond motifs is 5. The van der Waals surface area contributed by atoms with Gasteiger partial charge in [-0.2, -0.15) is 0 Å². The first-order valence-corrected chi connectivity index (χ1v) is 21.8. The Labute approximate surface area is 341 Å². The molecule has 2 unspecified atom stereocenters. The van der Waals surface area contributed by atoms with Gasteiger partial charge in [0.25, 0.3) is 5.91 Å². The number of nitrogens with zero attached hydrogens (tertiary/aromatic N) is 3. The highest BCUT2D eigenvalue weighted by Crippen LogP contribution is 2.50. The molecule has 2 aliphatic heterocycles. The third-order valence-electron chi connectivity index (χ3n) is 12.7. The Balaban J connectivity index is 1.28. The van der Waals surface area contributed by atoms with Crippen LogP contribution in [0.2, 0.25) is 0 Å². The topological polar surface area (TPSA) is 195 Å². The number of amides is 4. The van der Waals surface area contributed by atoms with E-state index in [0.29, 0.717) is 42.5 Å². The maximum absolute atomic E-state index is 16.3.